The van der Waals surface area contributed by atoms with E-state index in [1.165, 1.54) is 0 Å². The number of anilines is 1. The molecule has 2 aromatic carbocycles. The summed E-state index contributed by atoms with van der Waals surface area (Å²) in [5.74, 6) is 0.0316. The van der Waals surface area contributed by atoms with Gasteiger partial charge in [0, 0.05) is 41.3 Å². The second kappa shape index (κ2) is 11.7. The minimum atomic E-state index is -0.580. The van der Waals surface area contributed by atoms with Crippen molar-refractivity contribution < 1.29 is 18.7 Å². The first-order chi connectivity index (χ1) is 23.0. The van der Waals surface area contributed by atoms with Gasteiger partial charge in [-0.15, -0.1) is 0 Å². The van der Waals surface area contributed by atoms with Crippen LogP contribution in [-0.4, -0.2) is 86.4 Å². The maximum atomic E-state index is 16.9. The van der Waals surface area contributed by atoms with Gasteiger partial charge in [0.2, 0.25) is 0 Å². The zero-order valence-corrected chi connectivity index (χ0v) is 28.8. The van der Waals surface area contributed by atoms with E-state index < -0.39 is 11.4 Å². The minimum absolute atomic E-state index is 0.0439. The van der Waals surface area contributed by atoms with Gasteiger partial charge in [0.1, 0.15) is 29.2 Å². The molecule has 0 spiro atoms. The molecule has 252 valence electrons. The third kappa shape index (κ3) is 5.32. The molecule has 0 N–H and O–H groups in total. The summed E-state index contributed by atoms with van der Waals surface area (Å²) in [6, 6.07) is 11.9. The summed E-state index contributed by atoms with van der Waals surface area (Å²) in [5.41, 5.74) is 0.314. The Kier molecular flexibility index (Phi) is 7.67. The van der Waals surface area contributed by atoms with Crippen LogP contribution in [0.15, 0.2) is 42.6 Å². The molecule has 9 nitrogen and oxygen atoms in total. The lowest BCUT2D eigenvalue weighted by Gasteiger charge is -2.42. The Morgan fingerprint density at radius 1 is 1.06 bits per heavy atom. The molecule has 0 aliphatic carbocycles. The van der Waals surface area contributed by atoms with Crippen LogP contribution in [0.1, 0.15) is 66.2 Å². The number of carbonyl (C=O) groups is 1. The van der Waals surface area contributed by atoms with E-state index in [1.807, 2.05) is 56.0 Å². The van der Waals surface area contributed by atoms with Crippen LogP contribution in [0.4, 0.5) is 15.0 Å². The molecule has 4 aliphatic rings. The number of amides is 1. The average molecular weight is 673 g/mol. The van der Waals surface area contributed by atoms with Gasteiger partial charge < -0.3 is 14.4 Å². The van der Waals surface area contributed by atoms with Crippen molar-refractivity contribution in [3.05, 3.63) is 53.4 Å². The highest BCUT2D eigenvalue weighted by Gasteiger charge is 2.49. The Bertz CT molecular complexity index is 1900. The summed E-state index contributed by atoms with van der Waals surface area (Å²) >= 11 is 6.65. The molecule has 48 heavy (non-hydrogen) atoms. The lowest BCUT2D eigenvalue weighted by molar-refractivity contribution is 0.0122. The van der Waals surface area contributed by atoms with Gasteiger partial charge in [0.15, 0.2) is 5.82 Å². The van der Waals surface area contributed by atoms with E-state index in [0.717, 1.165) is 55.8 Å². The summed E-state index contributed by atoms with van der Waals surface area (Å²) in [4.78, 5) is 34.2. The van der Waals surface area contributed by atoms with Crippen molar-refractivity contribution in [2.45, 2.75) is 95.5 Å². The number of fused-ring (bicyclic) bond motifs is 5. The van der Waals surface area contributed by atoms with Crippen LogP contribution in [0.5, 0.6) is 6.01 Å². The molecule has 8 rings (SSSR count). The largest absolute Gasteiger partial charge is 0.461 e. The Balaban J connectivity index is 1.20. The normalized spacial score (nSPS) is 25.7. The van der Waals surface area contributed by atoms with E-state index in [1.54, 1.807) is 12.3 Å². The van der Waals surface area contributed by atoms with Crippen molar-refractivity contribution in [2.75, 3.05) is 31.1 Å². The highest BCUT2D eigenvalue weighted by molar-refractivity contribution is 6.36. The molecule has 6 heterocycles. The van der Waals surface area contributed by atoms with Gasteiger partial charge in [-0.05, 0) is 84.2 Å². The molecule has 3 unspecified atom stereocenters. The quantitative estimate of drug-likeness (QED) is 0.214. The fourth-order valence-electron chi connectivity index (χ4n) is 8.67. The number of hydrogen-bond donors (Lipinski definition) is 0. The van der Waals surface area contributed by atoms with Crippen molar-refractivity contribution in [3.8, 4) is 17.3 Å². The van der Waals surface area contributed by atoms with Crippen LogP contribution >= 0.6 is 11.6 Å². The van der Waals surface area contributed by atoms with E-state index in [-0.39, 0.29) is 40.9 Å². The summed E-state index contributed by atoms with van der Waals surface area (Å²) in [6.07, 6.45) is 7.51. The van der Waals surface area contributed by atoms with Crippen LogP contribution in [-0.2, 0) is 4.74 Å². The maximum absolute atomic E-state index is 16.9. The Labute approximate surface area is 285 Å². The SMILES string of the molecule is C[C@H]1CCC2(COc3nc(N4CC5CCC(C4)N5C(=O)OC(C)(C)C)c4cnc(-c5cccc6cccc(Cl)c56)c(F)c4n3)CCCN12. The highest BCUT2D eigenvalue weighted by Crippen LogP contribution is 2.43. The molecule has 4 aromatic rings. The van der Waals surface area contributed by atoms with Crippen LogP contribution in [0, 0.1) is 5.82 Å². The van der Waals surface area contributed by atoms with Crippen molar-refractivity contribution in [2.24, 2.45) is 0 Å². The smallest absolute Gasteiger partial charge is 0.410 e. The number of hydrogen-bond acceptors (Lipinski definition) is 8. The number of ether oxygens (including phenoxy) is 2. The molecule has 4 atom stereocenters. The summed E-state index contributed by atoms with van der Waals surface area (Å²) < 4.78 is 29.1. The molecule has 2 aromatic heterocycles. The topological polar surface area (TPSA) is 83.9 Å². The monoisotopic (exact) mass is 672 g/mol. The van der Waals surface area contributed by atoms with Gasteiger partial charge in [-0.3, -0.25) is 14.8 Å². The molecule has 11 heteroatoms. The summed E-state index contributed by atoms with van der Waals surface area (Å²) in [5, 5.41) is 2.68. The van der Waals surface area contributed by atoms with Crippen molar-refractivity contribution >= 4 is 45.2 Å². The second-order valence-corrected chi connectivity index (χ2v) is 15.4. The molecule has 4 saturated heterocycles. The second-order valence-electron chi connectivity index (χ2n) is 15.0. The molecule has 2 bridgehead atoms. The van der Waals surface area contributed by atoms with Crippen molar-refractivity contribution in [1.29, 1.82) is 0 Å². The third-order valence-electron chi connectivity index (χ3n) is 10.8. The number of rotatable bonds is 5. The zero-order valence-electron chi connectivity index (χ0n) is 28.0. The average Bonchev–Trinajstić information content (AvgIpc) is 3.69. The van der Waals surface area contributed by atoms with Crippen LogP contribution < -0.4 is 9.64 Å². The molecule has 4 fully saturated rings. The molecule has 0 saturated carbocycles. The van der Waals surface area contributed by atoms with Crippen LogP contribution in [0.3, 0.4) is 0 Å². The molecule has 1 amide bonds. The van der Waals surface area contributed by atoms with E-state index in [9.17, 15) is 4.79 Å². The first-order valence-corrected chi connectivity index (χ1v) is 17.6. The number of aromatic nitrogens is 3. The number of nitrogens with zero attached hydrogens (tertiary/aromatic N) is 6. The predicted octanol–water partition coefficient (Wildman–Crippen LogP) is 7.62. The summed E-state index contributed by atoms with van der Waals surface area (Å²) in [7, 11) is 0. The number of piperazine rings is 1. The fraction of sp³-hybridized carbons (Fsp3) is 0.514. The number of pyridine rings is 1. The van der Waals surface area contributed by atoms with E-state index >= 15 is 4.39 Å². The standard InChI is InChI=1S/C37H42ClFN6O3/c1-22-14-16-37(15-7-17-44(22)37)21-47-34-41-32-27(18-40-31(30(32)39)26-10-5-8-23-9-6-11-28(38)29(23)26)33(42-34)43-19-24-12-13-25(20-43)45(24)35(46)48-36(2,3)4/h5-6,8-11,18,22,24-25H,7,12-17,19-21H2,1-4H3/t22-,24?,25?,37?/m0/s1. The van der Waals surface area contributed by atoms with Gasteiger partial charge in [-0.25, -0.2) is 9.18 Å². The lowest BCUT2D eigenvalue weighted by Crippen LogP contribution is -2.57. The van der Waals surface area contributed by atoms with Crippen LogP contribution in [0.25, 0.3) is 32.9 Å². The maximum Gasteiger partial charge on any atom is 0.410 e. The van der Waals surface area contributed by atoms with Gasteiger partial charge in [-0.1, -0.05) is 41.9 Å². The van der Waals surface area contributed by atoms with Crippen LogP contribution in [0.2, 0.25) is 5.02 Å². The third-order valence-corrected chi connectivity index (χ3v) is 11.1. The number of halogens is 2. The fourth-order valence-corrected chi connectivity index (χ4v) is 8.96. The van der Waals surface area contributed by atoms with E-state index in [2.05, 4.69) is 21.7 Å². The molecule has 0 radical (unpaired) electrons. The van der Waals surface area contributed by atoms with E-state index in [0.29, 0.717) is 47.5 Å². The first kappa shape index (κ1) is 31.5. The Hall–Kier alpha value is -3.76. The number of benzene rings is 2. The molecular weight excluding hydrogens is 631 g/mol. The van der Waals surface area contributed by atoms with Gasteiger partial charge >= 0.3 is 12.1 Å². The Morgan fingerprint density at radius 3 is 2.56 bits per heavy atom. The summed E-state index contributed by atoms with van der Waals surface area (Å²) in [6.45, 7) is 10.5. The molecular formula is C37H42ClFN6O3. The van der Waals surface area contributed by atoms with Gasteiger partial charge in [-0.2, -0.15) is 9.97 Å². The van der Waals surface area contributed by atoms with Crippen molar-refractivity contribution in [3.63, 3.8) is 0 Å². The number of carbonyl (C=O) groups excluding carboxylic acids is 1. The van der Waals surface area contributed by atoms with E-state index in [4.69, 9.17) is 31.0 Å². The Morgan fingerprint density at radius 2 is 1.81 bits per heavy atom. The highest BCUT2D eigenvalue weighted by atomic mass is 35.5. The lowest BCUT2D eigenvalue weighted by atomic mass is 9.95. The van der Waals surface area contributed by atoms with Gasteiger partial charge in [0.25, 0.3) is 0 Å². The minimum Gasteiger partial charge on any atom is -0.461 e. The molecule has 4 aliphatic heterocycles. The van der Waals surface area contributed by atoms with Gasteiger partial charge in [0.05, 0.1) is 23.0 Å². The first-order valence-electron chi connectivity index (χ1n) is 17.2. The predicted molar refractivity (Wildman–Crippen MR) is 185 cm³/mol. The zero-order chi connectivity index (χ0) is 33.4. The van der Waals surface area contributed by atoms with Crippen molar-refractivity contribution in [1.82, 2.24) is 24.8 Å².